The SMILES string of the molecule is CS(=O)(=O)N1CCN(/C(=C/c2ccccc2)C(N)=O)CC1. The van der Waals surface area contributed by atoms with Gasteiger partial charge < -0.3 is 10.6 Å². The van der Waals surface area contributed by atoms with Crippen LogP contribution in [-0.4, -0.2) is 56.0 Å². The van der Waals surface area contributed by atoms with Crippen molar-refractivity contribution in [2.24, 2.45) is 5.73 Å². The summed E-state index contributed by atoms with van der Waals surface area (Å²) >= 11 is 0. The molecule has 0 spiro atoms. The van der Waals surface area contributed by atoms with Gasteiger partial charge >= 0.3 is 0 Å². The minimum Gasteiger partial charge on any atom is -0.364 e. The van der Waals surface area contributed by atoms with Crippen LogP contribution in [0.5, 0.6) is 0 Å². The van der Waals surface area contributed by atoms with Crippen molar-refractivity contribution in [3.63, 3.8) is 0 Å². The number of rotatable bonds is 4. The molecular formula is C14H19N3O3S. The average Bonchev–Trinajstić information content (AvgIpc) is 2.45. The zero-order chi connectivity index (χ0) is 15.5. The Bertz CT molecular complexity index is 633. The van der Waals surface area contributed by atoms with Crippen molar-refractivity contribution in [3.05, 3.63) is 41.6 Å². The van der Waals surface area contributed by atoms with Crippen molar-refractivity contribution in [1.29, 1.82) is 0 Å². The maximum Gasteiger partial charge on any atom is 0.265 e. The lowest BCUT2D eigenvalue weighted by atomic mass is 10.1. The highest BCUT2D eigenvalue weighted by Crippen LogP contribution is 2.15. The molecule has 1 aliphatic rings. The molecule has 0 aromatic heterocycles. The fraction of sp³-hybridized carbons (Fsp3) is 0.357. The van der Waals surface area contributed by atoms with Gasteiger partial charge in [0, 0.05) is 26.2 Å². The van der Waals surface area contributed by atoms with E-state index in [1.807, 2.05) is 35.2 Å². The highest BCUT2D eigenvalue weighted by atomic mass is 32.2. The summed E-state index contributed by atoms with van der Waals surface area (Å²) in [7, 11) is -3.18. The normalized spacial score (nSPS) is 17.8. The minimum atomic E-state index is -3.18. The summed E-state index contributed by atoms with van der Waals surface area (Å²) in [5.74, 6) is -0.508. The summed E-state index contributed by atoms with van der Waals surface area (Å²) < 4.78 is 24.4. The maximum atomic E-state index is 11.7. The van der Waals surface area contributed by atoms with E-state index in [9.17, 15) is 13.2 Å². The summed E-state index contributed by atoms with van der Waals surface area (Å²) in [5, 5.41) is 0. The second kappa shape index (κ2) is 6.28. The molecule has 1 aromatic rings. The van der Waals surface area contributed by atoms with Crippen molar-refractivity contribution < 1.29 is 13.2 Å². The molecule has 0 aliphatic carbocycles. The van der Waals surface area contributed by atoms with E-state index >= 15 is 0 Å². The second-order valence-electron chi connectivity index (χ2n) is 4.95. The van der Waals surface area contributed by atoms with Gasteiger partial charge in [0.2, 0.25) is 10.0 Å². The molecule has 0 bridgehead atoms. The lowest BCUT2D eigenvalue weighted by Crippen LogP contribution is -2.49. The topological polar surface area (TPSA) is 83.7 Å². The molecule has 0 atom stereocenters. The molecule has 1 fully saturated rings. The van der Waals surface area contributed by atoms with E-state index in [2.05, 4.69) is 0 Å². The monoisotopic (exact) mass is 309 g/mol. The fourth-order valence-corrected chi connectivity index (χ4v) is 3.11. The standard InChI is InChI=1S/C14H19N3O3S/c1-21(19,20)17-9-7-16(8-10-17)13(14(15)18)11-12-5-3-2-4-6-12/h2-6,11H,7-10H2,1H3,(H2,15,18)/b13-11+. The van der Waals surface area contributed by atoms with E-state index in [0.717, 1.165) is 5.56 Å². The first-order valence-corrected chi connectivity index (χ1v) is 8.49. The zero-order valence-electron chi connectivity index (χ0n) is 11.9. The zero-order valence-corrected chi connectivity index (χ0v) is 12.7. The van der Waals surface area contributed by atoms with Crippen LogP contribution in [0, 0.1) is 0 Å². The van der Waals surface area contributed by atoms with E-state index in [1.54, 1.807) is 6.08 Å². The van der Waals surface area contributed by atoms with E-state index in [4.69, 9.17) is 5.73 Å². The van der Waals surface area contributed by atoms with Gasteiger partial charge in [0.1, 0.15) is 5.70 Å². The number of amides is 1. The van der Waals surface area contributed by atoms with Crippen LogP contribution in [0.4, 0.5) is 0 Å². The fourth-order valence-electron chi connectivity index (χ4n) is 2.29. The Morgan fingerprint density at radius 1 is 1.14 bits per heavy atom. The molecule has 2 rings (SSSR count). The molecule has 0 radical (unpaired) electrons. The molecular weight excluding hydrogens is 290 g/mol. The van der Waals surface area contributed by atoms with Crippen LogP contribution in [0.3, 0.4) is 0 Å². The summed E-state index contributed by atoms with van der Waals surface area (Å²) in [4.78, 5) is 13.5. The number of primary amides is 1. The number of hydrogen-bond donors (Lipinski definition) is 1. The van der Waals surface area contributed by atoms with Crippen molar-refractivity contribution in [1.82, 2.24) is 9.21 Å². The quantitative estimate of drug-likeness (QED) is 0.799. The molecule has 7 heteroatoms. The molecule has 6 nitrogen and oxygen atoms in total. The van der Waals surface area contributed by atoms with Crippen LogP contribution in [0.15, 0.2) is 36.0 Å². The first kappa shape index (κ1) is 15.5. The highest BCUT2D eigenvalue weighted by Gasteiger charge is 2.25. The number of piperazine rings is 1. The van der Waals surface area contributed by atoms with Crippen LogP contribution in [0.1, 0.15) is 5.56 Å². The molecule has 1 amide bonds. The van der Waals surface area contributed by atoms with Gasteiger partial charge in [-0.05, 0) is 11.6 Å². The van der Waals surface area contributed by atoms with Gasteiger partial charge in [-0.3, -0.25) is 4.79 Å². The van der Waals surface area contributed by atoms with Crippen molar-refractivity contribution in [2.45, 2.75) is 0 Å². The maximum absolute atomic E-state index is 11.7. The molecule has 0 saturated carbocycles. The third-order valence-corrected chi connectivity index (χ3v) is 4.71. The second-order valence-corrected chi connectivity index (χ2v) is 6.94. The van der Waals surface area contributed by atoms with Crippen LogP contribution in [0.25, 0.3) is 6.08 Å². The van der Waals surface area contributed by atoms with Gasteiger partial charge in [0.25, 0.3) is 5.91 Å². The van der Waals surface area contributed by atoms with Gasteiger partial charge in [0.05, 0.1) is 6.26 Å². The largest absolute Gasteiger partial charge is 0.364 e. The predicted molar refractivity (Wildman–Crippen MR) is 81.6 cm³/mol. The van der Waals surface area contributed by atoms with Gasteiger partial charge in [-0.1, -0.05) is 30.3 Å². The Balaban J connectivity index is 2.15. The van der Waals surface area contributed by atoms with Crippen LogP contribution in [-0.2, 0) is 14.8 Å². The van der Waals surface area contributed by atoms with Crippen molar-refractivity contribution in [3.8, 4) is 0 Å². The van der Waals surface area contributed by atoms with Crippen LogP contribution < -0.4 is 5.73 Å². The first-order chi connectivity index (χ1) is 9.88. The average molecular weight is 309 g/mol. The van der Waals surface area contributed by atoms with Crippen molar-refractivity contribution in [2.75, 3.05) is 32.4 Å². The third-order valence-electron chi connectivity index (χ3n) is 3.40. The van der Waals surface area contributed by atoms with Crippen molar-refractivity contribution >= 4 is 22.0 Å². The third kappa shape index (κ3) is 4.05. The molecule has 1 aliphatic heterocycles. The highest BCUT2D eigenvalue weighted by molar-refractivity contribution is 7.88. The molecule has 21 heavy (non-hydrogen) atoms. The molecule has 2 N–H and O–H groups in total. The number of carbonyl (C=O) groups is 1. The molecule has 1 saturated heterocycles. The Morgan fingerprint density at radius 2 is 1.71 bits per heavy atom. The van der Waals surface area contributed by atoms with E-state index in [-0.39, 0.29) is 0 Å². The molecule has 114 valence electrons. The van der Waals surface area contributed by atoms with Gasteiger partial charge in [-0.15, -0.1) is 0 Å². The number of carbonyl (C=O) groups excluding carboxylic acids is 1. The van der Waals surface area contributed by atoms with Crippen LogP contribution >= 0.6 is 0 Å². The molecule has 0 unspecified atom stereocenters. The molecule has 1 heterocycles. The Kier molecular flexibility index (Phi) is 4.64. The Hall–Kier alpha value is -1.86. The molecule has 1 aromatic carbocycles. The predicted octanol–water partition coefficient (Wildman–Crippen LogP) is 0.0900. The Labute approximate surface area is 124 Å². The number of nitrogens with zero attached hydrogens (tertiary/aromatic N) is 2. The lowest BCUT2D eigenvalue weighted by molar-refractivity contribution is -0.116. The summed E-state index contributed by atoms with van der Waals surface area (Å²) in [5.41, 5.74) is 6.75. The summed E-state index contributed by atoms with van der Waals surface area (Å²) in [6.45, 7) is 1.62. The van der Waals surface area contributed by atoms with E-state index < -0.39 is 15.9 Å². The van der Waals surface area contributed by atoms with Gasteiger partial charge in [-0.25, -0.2) is 8.42 Å². The Morgan fingerprint density at radius 3 is 2.19 bits per heavy atom. The van der Waals surface area contributed by atoms with Gasteiger partial charge in [0.15, 0.2) is 0 Å². The summed E-state index contributed by atoms with van der Waals surface area (Å²) in [6.07, 6.45) is 2.93. The number of nitrogens with two attached hydrogens (primary N) is 1. The number of hydrogen-bond acceptors (Lipinski definition) is 4. The minimum absolute atomic E-state index is 0.359. The van der Waals surface area contributed by atoms with E-state index in [1.165, 1.54) is 10.6 Å². The number of sulfonamides is 1. The van der Waals surface area contributed by atoms with E-state index in [0.29, 0.717) is 31.9 Å². The smallest absolute Gasteiger partial charge is 0.265 e. The lowest BCUT2D eigenvalue weighted by Gasteiger charge is -2.35. The first-order valence-electron chi connectivity index (χ1n) is 6.64. The van der Waals surface area contributed by atoms with Gasteiger partial charge in [-0.2, -0.15) is 4.31 Å². The van der Waals surface area contributed by atoms with Crippen LogP contribution in [0.2, 0.25) is 0 Å². The number of benzene rings is 1. The summed E-state index contributed by atoms with van der Waals surface area (Å²) in [6, 6.07) is 9.43.